The van der Waals surface area contributed by atoms with Crippen LogP contribution >= 0.6 is 0 Å². The number of hydrogen-bond acceptors (Lipinski definition) is 4. The van der Waals surface area contributed by atoms with Crippen LogP contribution in [0.4, 0.5) is 0 Å². The third kappa shape index (κ3) is 4.37. The van der Waals surface area contributed by atoms with Crippen LogP contribution in [0.5, 0.6) is 0 Å². The van der Waals surface area contributed by atoms with Gasteiger partial charge in [0.05, 0.1) is 16.1 Å². The van der Waals surface area contributed by atoms with Crippen molar-refractivity contribution in [3.8, 4) is 0 Å². The molecule has 118 valence electrons. The summed E-state index contributed by atoms with van der Waals surface area (Å²) in [7, 11) is -4.02. The van der Waals surface area contributed by atoms with Crippen molar-refractivity contribution >= 4 is 10.1 Å². The van der Waals surface area contributed by atoms with Crippen LogP contribution in [0.25, 0.3) is 0 Å². The van der Waals surface area contributed by atoms with Crippen molar-refractivity contribution in [2.75, 3.05) is 0 Å². The minimum atomic E-state index is -4.02. The maximum atomic E-state index is 10.5. The van der Waals surface area contributed by atoms with Gasteiger partial charge < -0.3 is 5.73 Å². The van der Waals surface area contributed by atoms with Gasteiger partial charge in [-0.15, -0.1) is 0 Å². The largest absolute Gasteiger partial charge is 0.320 e. The zero-order valence-electron chi connectivity index (χ0n) is 12.7. The fourth-order valence-corrected chi connectivity index (χ4v) is 2.34. The Bertz CT molecular complexity index is 734. The molecule has 3 rings (SSSR count). The van der Waals surface area contributed by atoms with E-state index in [2.05, 4.69) is 11.1 Å². The first-order valence-electron chi connectivity index (χ1n) is 6.97. The van der Waals surface area contributed by atoms with E-state index in [-0.39, 0.29) is 10.4 Å². The topological polar surface area (TPSA) is 93.3 Å². The lowest BCUT2D eigenvalue weighted by atomic mass is 10.1. The lowest BCUT2D eigenvalue weighted by Crippen LogP contribution is -2.19. The van der Waals surface area contributed by atoms with Crippen molar-refractivity contribution in [2.24, 2.45) is 5.73 Å². The predicted molar refractivity (Wildman–Crippen MR) is 85.1 cm³/mol. The van der Waals surface area contributed by atoms with Crippen LogP contribution in [0.3, 0.4) is 0 Å². The minimum Gasteiger partial charge on any atom is -0.320 e. The molecular weight excluding hydrogens is 300 g/mol. The molecule has 0 radical (unpaired) electrons. The van der Waals surface area contributed by atoms with Crippen LogP contribution in [0.1, 0.15) is 29.7 Å². The highest BCUT2D eigenvalue weighted by atomic mass is 32.2. The average molecular weight is 320 g/mol. The van der Waals surface area contributed by atoms with Gasteiger partial charge in [0.2, 0.25) is 0 Å². The Morgan fingerprint density at radius 1 is 1.05 bits per heavy atom. The Morgan fingerprint density at radius 3 is 2.00 bits per heavy atom. The van der Waals surface area contributed by atoms with Crippen molar-refractivity contribution < 1.29 is 13.0 Å². The van der Waals surface area contributed by atoms with E-state index in [1.54, 1.807) is 12.1 Å². The number of nitrogens with two attached hydrogens (primary N) is 1. The van der Waals surface area contributed by atoms with Gasteiger partial charge in [-0.3, -0.25) is 9.54 Å². The summed E-state index contributed by atoms with van der Waals surface area (Å²) in [6.07, 6.45) is 4.05. The number of hydrogen-bond donors (Lipinski definition) is 2. The fourth-order valence-electron chi connectivity index (χ4n) is 1.86. The molecule has 3 N–H and O–H groups in total. The summed E-state index contributed by atoms with van der Waals surface area (Å²) in [4.78, 5) is 4.22. The number of rotatable bonds is 2. The Morgan fingerprint density at radius 2 is 1.59 bits per heavy atom. The van der Waals surface area contributed by atoms with E-state index in [1.165, 1.54) is 17.7 Å². The molecule has 0 bridgehead atoms. The second kappa shape index (κ2) is 6.16. The number of aryl methyl sites for hydroxylation is 2. The van der Waals surface area contributed by atoms with Crippen LogP contribution < -0.4 is 5.73 Å². The summed E-state index contributed by atoms with van der Waals surface area (Å²) in [6.45, 7) is 3.88. The number of benzene rings is 1. The first kappa shape index (κ1) is 16.6. The van der Waals surface area contributed by atoms with Gasteiger partial charge in [0.25, 0.3) is 10.1 Å². The second-order valence-corrected chi connectivity index (χ2v) is 7.09. The molecule has 6 heteroatoms. The van der Waals surface area contributed by atoms with Crippen molar-refractivity contribution in [1.82, 2.24) is 4.98 Å². The van der Waals surface area contributed by atoms with E-state index in [1.807, 2.05) is 26.1 Å². The molecule has 1 aromatic heterocycles. The maximum Gasteiger partial charge on any atom is 0.294 e. The SMILES string of the molecule is Cc1ccc(C2(N)CC2)nc1.Cc1ccc(S(=O)(=O)O)cc1. The zero-order chi connectivity index (χ0) is 16.4. The van der Waals surface area contributed by atoms with Crippen molar-refractivity contribution in [3.05, 3.63) is 59.4 Å². The molecule has 1 fully saturated rings. The first-order valence-corrected chi connectivity index (χ1v) is 8.41. The summed E-state index contributed by atoms with van der Waals surface area (Å²) >= 11 is 0. The molecule has 5 nitrogen and oxygen atoms in total. The number of pyridine rings is 1. The predicted octanol–water partition coefficient (Wildman–Crippen LogP) is 2.58. The zero-order valence-corrected chi connectivity index (χ0v) is 13.5. The van der Waals surface area contributed by atoms with Crippen molar-refractivity contribution in [1.29, 1.82) is 0 Å². The fraction of sp³-hybridized carbons (Fsp3) is 0.312. The quantitative estimate of drug-likeness (QED) is 0.830. The monoisotopic (exact) mass is 320 g/mol. The summed E-state index contributed by atoms with van der Waals surface area (Å²) in [5.41, 5.74) is 9.07. The maximum absolute atomic E-state index is 10.5. The Kier molecular flexibility index (Phi) is 4.65. The van der Waals surface area contributed by atoms with Gasteiger partial charge in [-0.1, -0.05) is 23.8 Å². The van der Waals surface area contributed by atoms with E-state index in [9.17, 15) is 8.42 Å². The number of nitrogens with zero attached hydrogens (tertiary/aromatic N) is 1. The van der Waals surface area contributed by atoms with Gasteiger partial charge in [-0.2, -0.15) is 8.42 Å². The van der Waals surface area contributed by atoms with Crippen LogP contribution in [-0.4, -0.2) is 18.0 Å². The van der Waals surface area contributed by atoms with Gasteiger partial charge >= 0.3 is 0 Å². The van der Waals surface area contributed by atoms with Gasteiger partial charge in [0.15, 0.2) is 0 Å². The molecule has 0 atom stereocenters. The molecule has 2 aromatic rings. The third-order valence-electron chi connectivity index (χ3n) is 3.53. The van der Waals surface area contributed by atoms with Gasteiger partial charge in [-0.25, -0.2) is 0 Å². The first-order chi connectivity index (χ1) is 10.2. The molecule has 1 aromatic carbocycles. The highest BCUT2D eigenvalue weighted by Crippen LogP contribution is 2.41. The summed E-state index contributed by atoms with van der Waals surface area (Å²) in [5.74, 6) is 0. The molecule has 0 aliphatic heterocycles. The molecule has 1 heterocycles. The standard InChI is InChI=1S/C9H12N2.C7H8O3S/c1-7-2-3-8(11-6-7)9(10)4-5-9;1-6-2-4-7(5-3-6)11(8,9)10/h2-3,6H,4-5,10H2,1H3;2-5H,1H3,(H,8,9,10). The van der Waals surface area contributed by atoms with Gasteiger partial charge in [0, 0.05) is 6.20 Å². The lowest BCUT2D eigenvalue weighted by molar-refractivity contribution is 0.483. The molecule has 0 unspecified atom stereocenters. The van der Waals surface area contributed by atoms with Crippen molar-refractivity contribution in [3.63, 3.8) is 0 Å². The molecule has 22 heavy (non-hydrogen) atoms. The Hall–Kier alpha value is -1.76. The van der Waals surface area contributed by atoms with Gasteiger partial charge in [0.1, 0.15) is 0 Å². The second-order valence-electron chi connectivity index (χ2n) is 5.67. The average Bonchev–Trinajstić information content (AvgIpc) is 3.19. The summed E-state index contributed by atoms with van der Waals surface area (Å²) in [6, 6.07) is 10.1. The van der Waals surface area contributed by atoms with Crippen LogP contribution in [-0.2, 0) is 15.7 Å². The van der Waals surface area contributed by atoms with E-state index in [0.29, 0.717) is 0 Å². The smallest absolute Gasteiger partial charge is 0.294 e. The van der Waals surface area contributed by atoms with Crippen LogP contribution in [0, 0.1) is 13.8 Å². The van der Waals surface area contributed by atoms with E-state index < -0.39 is 10.1 Å². The van der Waals surface area contributed by atoms with E-state index in [4.69, 9.17) is 10.3 Å². The highest BCUT2D eigenvalue weighted by Gasteiger charge is 2.41. The van der Waals surface area contributed by atoms with E-state index >= 15 is 0 Å². The van der Waals surface area contributed by atoms with Crippen molar-refractivity contribution in [2.45, 2.75) is 37.1 Å². The van der Waals surface area contributed by atoms with Crippen LogP contribution in [0.15, 0.2) is 47.5 Å². The Balaban J connectivity index is 0.000000160. The summed E-state index contributed by atoms with van der Waals surface area (Å²) in [5, 5.41) is 0. The molecular formula is C16H20N2O3S. The highest BCUT2D eigenvalue weighted by molar-refractivity contribution is 7.85. The van der Waals surface area contributed by atoms with E-state index in [0.717, 1.165) is 24.1 Å². The summed E-state index contributed by atoms with van der Waals surface area (Å²) < 4.78 is 29.6. The Labute approximate surface area is 131 Å². The molecule has 0 amide bonds. The van der Waals surface area contributed by atoms with Gasteiger partial charge in [-0.05, 0) is 50.5 Å². The molecule has 1 aliphatic carbocycles. The molecule has 0 saturated heterocycles. The minimum absolute atomic E-state index is 0.0666. The number of aromatic nitrogens is 1. The molecule has 1 saturated carbocycles. The van der Waals surface area contributed by atoms with Crippen LogP contribution in [0.2, 0.25) is 0 Å². The molecule has 0 spiro atoms. The lowest BCUT2D eigenvalue weighted by Gasteiger charge is -2.06. The normalized spacial score (nSPS) is 15.6. The molecule has 1 aliphatic rings. The third-order valence-corrected chi connectivity index (χ3v) is 4.40.